The molecule has 1 aliphatic rings. The van der Waals surface area contributed by atoms with Gasteiger partial charge in [0.25, 0.3) is 6.43 Å². The van der Waals surface area contributed by atoms with Crippen molar-refractivity contribution in [2.24, 2.45) is 7.05 Å². The molecule has 0 amide bonds. The van der Waals surface area contributed by atoms with Crippen molar-refractivity contribution in [3.05, 3.63) is 57.9 Å². The number of benzene rings is 1. The fourth-order valence-corrected chi connectivity index (χ4v) is 3.76. The lowest BCUT2D eigenvalue weighted by Gasteiger charge is -2.28. The van der Waals surface area contributed by atoms with Crippen molar-refractivity contribution in [2.75, 3.05) is 36.4 Å². The van der Waals surface area contributed by atoms with E-state index in [1.165, 1.54) is 16.7 Å². The minimum Gasteiger partial charge on any atom is -0.363 e. The van der Waals surface area contributed by atoms with Crippen molar-refractivity contribution in [1.29, 1.82) is 0 Å². The normalized spacial score (nSPS) is 15.5. The van der Waals surface area contributed by atoms with Gasteiger partial charge < -0.3 is 15.5 Å². The summed E-state index contributed by atoms with van der Waals surface area (Å²) in [4.78, 5) is 23.1. The van der Waals surface area contributed by atoms with Gasteiger partial charge in [0.05, 0.1) is 23.3 Å². The molecule has 7 nitrogen and oxygen atoms in total. The quantitative estimate of drug-likeness (QED) is 0.646. The maximum atomic E-state index is 14.6. The van der Waals surface area contributed by atoms with Crippen LogP contribution in [0.25, 0.3) is 10.9 Å². The molecule has 1 saturated heterocycles. The number of alkyl halides is 2. The average molecular weight is 432 g/mol. The molecule has 1 aromatic carbocycles. The number of rotatable bonds is 5. The number of nitrogens with zero attached hydrogens (tertiary/aromatic N) is 4. The molecule has 3 aromatic rings. The van der Waals surface area contributed by atoms with Gasteiger partial charge in [-0.15, -0.1) is 0 Å². The lowest BCUT2D eigenvalue weighted by Crippen LogP contribution is -2.43. The van der Waals surface area contributed by atoms with Gasteiger partial charge in [0.1, 0.15) is 17.5 Å². The van der Waals surface area contributed by atoms with Crippen molar-refractivity contribution in [2.45, 2.75) is 19.4 Å². The number of hydrogen-bond acceptors (Lipinski definition) is 6. The van der Waals surface area contributed by atoms with Crippen molar-refractivity contribution in [1.82, 2.24) is 19.9 Å². The monoisotopic (exact) mass is 432 g/mol. The highest BCUT2D eigenvalue weighted by Gasteiger charge is 2.21. The predicted octanol–water partition coefficient (Wildman–Crippen LogP) is 2.99. The minimum absolute atomic E-state index is 0.0739. The summed E-state index contributed by atoms with van der Waals surface area (Å²) in [5.74, 6) is 0.0380. The Bertz CT molecular complexity index is 1160. The Kier molecular flexibility index (Phi) is 5.81. The van der Waals surface area contributed by atoms with Crippen molar-refractivity contribution < 1.29 is 13.2 Å². The number of hydrogen-bond donors (Lipinski definition) is 2. The van der Waals surface area contributed by atoms with Crippen LogP contribution in [0.5, 0.6) is 0 Å². The molecule has 0 unspecified atom stereocenters. The second-order valence-corrected chi connectivity index (χ2v) is 7.52. The molecule has 3 heterocycles. The topological polar surface area (TPSA) is 75.1 Å². The Hall–Kier alpha value is -3.14. The standard InChI is InChI=1S/C21H23F3N6O/c1-12(13-4-3-5-14(18(13)22)19(23)24)27-20-15-10-17(30-8-6-25-7-9-30)26-11-16(15)29(2)21(31)28-20/h3-5,10-12,19,25H,6-9H2,1-2H3,(H,27,28,31)/t12-/m1/s1. The van der Waals surface area contributed by atoms with Crippen molar-refractivity contribution in [3.63, 3.8) is 0 Å². The van der Waals surface area contributed by atoms with E-state index in [1.54, 1.807) is 20.2 Å². The Labute approximate surface area is 176 Å². The molecule has 0 spiro atoms. The molecule has 164 valence electrons. The van der Waals surface area contributed by atoms with E-state index in [2.05, 4.69) is 25.5 Å². The molecule has 10 heteroatoms. The molecule has 31 heavy (non-hydrogen) atoms. The van der Waals surface area contributed by atoms with Crippen LogP contribution < -0.4 is 21.2 Å². The van der Waals surface area contributed by atoms with Gasteiger partial charge >= 0.3 is 5.69 Å². The smallest absolute Gasteiger partial charge is 0.349 e. The number of fused-ring (bicyclic) bond motifs is 1. The first-order chi connectivity index (χ1) is 14.9. The molecule has 0 aliphatic carbocycles. The molecule has 2 aromatic heterocycles. The van der Waals surface area contributed by atoms with Gasteiger partial charge in [0, 0.05) is 44.2 Å². The fraction of sp³-hybridized carbons (Fsp3) is 0.381. The first-order valence-corrected chi connectivity index (χ1v) is 10.0. The lowest BCUT2D eigenvalue weighted by molar-refractivity contribution is 0.146. The molecule has 0 bridgehead atoms. The molecular formula is C21H23F3N6O. The summed E-state index contributed by atoms with van der Waals surface area (Å²) in [5, 5.41) is 6.96. The molecule has 0 radical (unpaired) electrons. The summed E-state index contributed by atoms with van der Waals surface area (Å²) in [6, 6.07) is 5.04. The van der Waals surface area contributed by atoms with Crippen molar-refractivity contribution >= 4 is 22.5 Å². The van der Waals surface area contributed by atoms with E-state index in [0.29, 0.717) is 10.9 Å². The van der Waals surface area contributed by atoms with Crippen LogP contribution in [0, 0.1) is 5.82 Å². The number of aromatic nitrogens is 3. The summed E-state index contributed by atoms with van der Waals surface area (Å²) >= 11 is 0. The van der Waals surface area contributed by atoms with Gasteiger partial charge in [-0.05, 0) is 13.0 Å². The van der Waals surface area contributed by atoms with E-state index in [4.69, 9.17) is 0 Å². The number of halogens is 3. The predicted molar refractivity (Wildman–Crippen MR) is 113 cm³/mol. The van der Waals surface area contributed by atoms with Gasteiger partial charge in [-0.3, -0.25) is 4.57 Å². The first-order valence-electron chi connectivity index (χ1n) is 10.0. The molecule has 2 N–H and O–H groups in total. The third kappa shape index (κ3) is 4.07. The number of nitrogens with one attached hydrogen (secondary N) is 2. The SMILES string of the molecule is C[C@@H](Nc1nc(=O)n(C)c2cnc(N3CCNCC3)cc12)c1cccc(C(F)F)c1F. The summed E-state index contributed by atoms with van der Waals surface area (Å²) < 4.78 is 42.2. The van der Waals surface area contributed by atoms with Crippen LogP contribution in [0.2, 0.25) is 0 Å². The summed E-state index contributed by atoms with van der Waals surface area (Å²) in [5.41, 5.74) is -0.515. The Morgan fingerprint density at radius 2 is 1.90 bits per heavy atom. The molecule has 1 fully saturated rings. The lowest BCUT2D eigenvalue weighted by atomic mass is 10.0. The largest absolute Gasteiger partial charge is 0.363 e. The van der Waals surface area contributed by atoms with Crippen LogP contribution in [0.3, 0.4) is 0 Å². The molecule has 4 rings (SSSR count). The number of aryl methyl sites for hydroxylation is 1. The number of pyridine rings is 1. The third-order valence-corrected chi connectivity index (χ3v) is 5.53. The van der Waals surface area contributed by atoms with E-state index in [-0.39, 0.29) is 11.4 Å². The van der Waals surface area contributed by atoms with Gasteiger partial charge in [0.15, 0.2) is 0 Å². The van der Waals surface area contributed by atoms with E-state index in [1.807, 2.05) is 6.07 Å². The first kappa shape index (κ1) is 21.1. The van der Waals surface area contributed by atoms with Gasteiger partial charge in [-0.2, -0.15) is 4.98 Å². The average Bonchev–Trinajstić information content (AvgIpc) is 2.77. The summed E-state index contributed by atoms with van der Waals surface area (Å²) in [6.45, 7) is 4.91. The number of anilines is 2. The Balaban J connectivity index is 1.75. The summed E-state index contributed by atoms with van der Waals surface area (Å²) in [7, 11) is 1.60. The maximum absolute atomic E-state index is 14.6. The van der Waals surface area contributed by atoms with E-state index < -0.39 is 29.5 Å². The summed E-state index contributed by atoms with van der Waals surface area (Å²) in [6.07, 6.45) is -1.30. The molecule has 1 aliphatic heterocycles. The van der Waals surface area contributed by atoms with Crippen LogP contribution in [-0.2, 0) is 7.05 Å². The zero-order valence-electron chi connectivity index (χ0n) is 17.2. The highest BCUT2D eigenvalue weighted by Crippen LogP contribution is 2.30. The second kappa shape index (κ2) is 8.54. The zero-order valence-corrected chi connectivity index (χ0v) is 17.2. The number of piperazine rings is 1. The molecule has 1 atom stereocenters. The van der Waals surface area contributed by atoms with Crippen LogP contribution in [-0.4, -0.2) is 40.7 Å². The van der Waals surface area contributed by atoms with Gasteiger partial charge in [-0.25, -0.2) is 22.9 Å². The van der Waals surface area contributed by atoms with Crippen LogP contribution in [0.4, 0.5) is 24.8 Å². The highest BCUT2D eigenvalue weighted by molar-refractivity contribution is 5.90. The minimum atomic E-state index is -2.91. The van der Waals surface area contributed by atoms with E-state index in [0.717, 1.165) is 38.1 Å². The third-order valence-electron chi connectivity index (χ3n) is 5.53. The zero-order chi connectivity index (χ0) is 22.1. The Morgan fingerprint density at radius 1 is 1.19 bits per heavy atom. The van der Waals surface area contributed by atoms with E-state index >= 15 is 0 Å². The molecule has 0 saturated carbocycles. The molecular weight excluding hydrogens is 409 g/mol. The van der Waals surface area contributed by atoms with Crippen LogP contribution in [0.1, 0.15) is 30.5 Å². The fourth-order valence-electron chi connectivity index (χ4n) is 3.76. The van der Waals surface area contributed by atoms with E-state index in [9.17, 15) is 18.0 Å². The highest BCUT2D eigenvalue weighted by atomic mass is 19.3. The maximum Gasteiger partial charge on any atom is 0.349 e. The van der Waals surface area contributed by atoms with Gasteiger partial charge in [-0.1, -0.05) is 18.2 Å². The van der Waals surface area contributed by atoms with Gasteiger partial charge in [0.2, 0.25) is 0 Å². The Morgan fingerprint density at radius 3 is 2.61 bits per heavy atom. The second-order valence-electron chi connectivity index (χ2n) is 7.52. The van der Waals surface area contributed by atoms with Crippen molar-refractivity contribution in [3.8, 4) is 0 Å². The van der Waals surface area contributed by atoms with Crippen LogP contribution >= 0.6 is 0 Å². The van der Waals surface area contributed by atoms with Crippen LogP contribution in [0.15, 0.2) is 35.3 Å².